The van der Waals surface area contributed by atoms with Crippen LogP contribution in [0.5, 0.6) is 0 Å². The molecule has 0 spiro atoms. The van der Waals surface area contributed by atoms with Gasteiger partial charge in [0.15, 0.2) is 0 Å². The lowest BCUT2D eigenvalue weighted by atomic mass is 10.0. The van der Waals surface area contributed by atoms with Crippen molar-refractivity contribution in [1.82, 2.24) is 0 Å². The summed E-state index contributed by atoms with van der Waals surface area (Å²) in [6.07, 6.45) is 1.51. The standard InChI is InChI=1S/C20H13FN2O/c21-18-10-3-4-11-19(18)23-20(24)16(13-22)12-15-8-5-7-14-6-1-2-9-17(14)15/h1-12H,(H,23,24)/b16-12+. The molecule has 0 aliphatic rings. The number of nitrogens with one attached hydrogen (secondary N) is 1. The van der Waals surface area contributed by atoms with Gasteiger partial charge < -0.3 is 5.32 Å². The normalized spacial score (nSPS) is 11.1. The molecule has 1 N–H and O–H groups in total. The molecular formula is C20H13FN2O. The first kappa shape index (κ1) is 15.4. The Kier molecular flexibility index (Phi) is 4.35. The third kappa shape index (κ3) is 3.16. The Labute approximate surface area is 138 Å². The van der Waals surface area contributed by atoms with Crippen LogP contribution in [0.25, 0.3) is 16.8 Å². The average Bonchev–Trinajstić information content (AvgIpc) is 2.61. The van der Waals surface area contributed by atoms with Crippen molar-refractivity contribution in [2.75, 3.05) is 5.32 Å². The van der Waals surface area contributed by atoms with Crippen molar-refractivity contribution in [3.05, 3.63) is 83.7 Å². The Morgan fingerprint density at radius 3 is 2.50 bits per heavy atom. The highest BCUT2D eigenvalue weighted by Crippen LogP contribution is 2.21. The molecule has 0 unspecified atom stereocenters. The Morgan fingerprint density at radius 1 is 1.00 bits per heavy atom. The third-order valence-corrected chi connectivity index (χ3v) is 3.61. The number of rotatable bonds is 3. The van der Waals surface area contributed by atoms with Gasteiger partial charge in [0.1, 0.15) is 17.5 Å². The first-order chi connectivity index (χ1) is 11.7. The van der Waals surface area contributed by atoms with E-state index in [4.69, 9.17) is 0 Å². The largest absolute Gasteiger partial charge is 0.319 e. The minimum absolute atomic E-state index is 0.0431. The van der Waals surface area contributed by atoms with Crippen LogP contribution in [0.15, 0.2) is 72.3 Å². The number of nitrogens with zero attached hydrogens (tertiary/aromatic N) is 1. The lowest BCUT2D eigenvalue weighted by Crippen LogP contribution is -2.14. The van der Waals surface area contributed by atoms with Gasteiger partial charge in [-0.25, -0.2) is 4.39 Å². The minimum atomic E-state index is -0.643. The number of para-hydroxylation sites is 1. The van der Waals surface area contributed by atoms with Crippen LogP contribution < -0.4 is 5.32 Å². The van der Waals surface area contributed by atoms with Crippen LogP contribution in [0.1, 0.15) is 5.56 Å². The lowest BCUT2D eigenvalue weighted by Gasteiger charge is -2.06. The van der Waals surface area contributed by atoms with Gasteiger partial charge in [0.2, 0.25) is 0 Å². The van der Waals surface area contributed by atoms with Crippen LogP contribution in [0.4, 0.5) is 10.1 Å². The molecule has 0 aromatic heterocycles. The summed E-state index contributed by atoms with van der Waals surface area (Å²) >= 11 is 0. The number of halogens is 1. The summed E-state index contributed by atoms with van der Waals surface area (Å²) < 4.78 is 13.6. The van der Waals surface area contributed by atoms with E-state index in [2.05, 4.69) is 5.32 Å². The average molecular weight is 316 g/mol. The number of anilines is 1. The fourth-order valence-electron chi connectivity index (χ4n) is 2.43. The van der Waals surface area contributed by atoms with Crippen LogP contribution in [0.3, 0.4) is 0 Å². The summed E-state index contributed by atoms with van der Waals surface area (Å²) in [5, 5.41) is 13.7. The number of hydrogen-bond acceptors (Lipinski definition) is 2. The van der Waals surface area contributed by atoms with Crippen molar-refractivity contribution in [2.45, 2.75) is 0 Å². The highest BCUT2D eigenvalue weighted by Gasteiger charge is 2.12. The van der Waals surface area contributed by atoms with Gasteiger partial charge in [-0.1, -0.05) is 54.6 Å². The van der Waals surface area contributed by atoms with Crippen molar-refractivity contribution in [2.24, 2.45) is 0 Å². The Morgan fingerprint density at radius 2 is 1.71 bits per heavy atom. The first-order valence-electron chi connectivity index (χ1n) is 7.34. The van der Waals surface area contributed by atoms with Crippen LogP contribution in [0, 0.1) is 17.1 Å². The highest BCUT2D eigenvalue weighted by atomic mass is 19.1. The molecule has 0 saturated carbocycles. The molecule has 3 rings (SSSR count). The summed E-state index contributed by atoms with van der Waals surface area (Å²) in [6.45, 7) is 0. The number of carbonyl (C=O) groups is 1. The molecule has 3 aromatic carbocycles. The molecule has 0 bridgehead atoms. The maximum atomic E-state index is 13.6. The zero-order valence-corrected chi connectivity index (χ0v) is 12.7. The van der Waals surface area contributed by atoms with E-state index in [1.807, 2.05) is 48.5 Å². The number of hydrogen-bond donors (Lipinski definition) is 1. The topological polar surface area (TPSA) is 52.9 Å². The molecule has 0 heterocycles. The third-order valence-electron chi connectivity index (χ3n) is 3.61. The van der Waals surface area contributed by atoms with E-state index >= 15 is 0 Å². The first-order valence-corrected chi connectivity index (χ1v) is 7.34. The zero-order chi connectivity index (χ0) is 16.9. The maximum Gasteiger partial charge on any atom is 0.266 e. The Hall–Kier alpha value is -3.45. The fraction of sp³-hybridized carbons (Fsp3) is 0. The quantitative estimate of drug-likeness (QED) is 0.570. The zero-order valence-electron chi connectivity index (χ0n) is 12.7. The molecule has 0 fully saturated rings. The van der Waals surface area contributed by atoms with Gasteiger partial charge in [-0.05, 0) is 34.5 Å². The van der Waals surface area contributed by atoms with E-state index in [9.17, 15) is 14.4 Å². The molecular weight excluding hydrogens is 303 g/mol. The molecule has 116 valence electrons. The number of fused-ring (bicyclic) bond motifs is 1. The monoisotopic (exact) mass is 316 g/mol. The van der Waals surface area contributed by atoms with E-state index in [-0.39, 0.29) is 11.3 Å². The minimum Gasteiger partial charge on any atom is -0.319 e. The van der Waals surface area contributed by atoms with Crippen LogP contribution in [-0.4, -0.2) is 5.91 Å². The van der Waals surface area contributed by atoms with Crippen molar-refractivity contribution >= 4 is 28.4 Å². The SMILES string of the molecule is N#C/C(=C\c1cccc2ccccc12)C(=O)Nc1ccccc1F. The van der Waals surface area contributed by atoms with E-state index in [1.54, 1.807) is 6.07 Å². The predicted molar refractivity (Wildman–Crippen MR) is 92.6 cm³/mol. The number of amides is 1. The number of nitriles is 1. The van der Waals surface area contributed by atoms with Crippen LogP contribution in [0.2, 0.25) is 0 Å². The molecule has 3 nitrogen and oxygen atoms in total. The lowest BCUT2D eigenvalue weighted by molar-refractivity contribution is -0.112. The van der Waals surface area contributed by atoms with Crippen molar-refractivity contribution in [3.8, 4) is 6.07 Å². The molecule has 0 saturated heterocycles. The molecule has 0 atom stereocenters. The van der Waals surface area contributed by atoms with E-state index in [1.165, 1.54) is 24.3 Å². The van der Waals surface area contributed by atoms with Crippen LogP contribution in [-0.2, 0) is 4.79 Å². The molecule has 4 heteroatoms. The smallest absolute Gasteiger partial charge is 0.266 e. The van der Waals surface area contributed by atoms with E-state index in [0.717, 1.165) is 16.3 Å². The summed E-state index contributed by atoms with van der Waals surface area (Å²) in [4.78, 5) is 12.3. The van der Waals surface area contributed by atoms with Crippen LogP contribution >= 0.6 is 0 Å². The highest BCUT2D eigenvalue weighted by molar-refractivity contribution is 6.10. The second-order valence-electron chi connectivity index (χ2n) is 5.17. The summed E-state index contributed by atoms with van der Waals surface area (Å²) in [6, 6.07) is 21.1. The number of benzene rings is 3. The van der Waals surface area contributed by atoms with Gasteiger partial charge in [0.25, 0.3) is 5.91 Å². The van der Waals surface area contributed by atoms with Gasteiger partial charge in [0, 0.05) is 0 Å². The molecule has 0 radical (unpaired) electrons. The predicted octanol–water partition coefficient (Wildman–Crippen LogP) is 4.52. The van der Waals surface area contributed by atoms with Crippen molar-refractivity contribution in [3.63, 3.8) is 0 Å². The Balaban J connectivity index is 1.96. The van der Waals surface area contributed by atoms with Gasteiger partial charge in [-0.3, -0.25) is 4.79 Å². The van der Waals surface area contributed by atoms with Crippen molar-refractivity contribution in [1.29, 1.82) is 5.26 Å². The molecule has 3 aromatic rings. The van der Waals surface area contributed by atoms with E-state index < -0.39 is 11.7 Å². The molecule has 1 amide bonds. The summed E-state index contributed by atoms with van der Waals surface area (Å²) in [5.41, 5.74) is 0.713. The molecule has 0 aliphatic carbocycles. The van der Waals surface area contributed by atoms with E-state index in [0.29, 0.717) is 0 Å². The fourth-order valence-corrected chi connectivity index (χ4v) is 2.43. The second kappa shape index (κ2) is 6.76. The van der Waals surface area contributed by atoms with Crippen molar-refractivity contribution < 1.29 is 9.18 Å². The van der Waals surface area contributed by atoms with Gasteiger partial charge in [0.05, 0.1) is 5.69 Å². The maximum absolute atomic E-state index is 13.6. The molecule has 0 aliphatic heterocycles. The number of carbonyl (C=O) groups excluding carboxylic acids is 1. The second-order valence-corrected chi connectivity index (χ2v) is 5.17. The van der Waals surface area contributed by atoms with Gasteiger partial charge in [-0.2, -0.15) is 5.26 Å². The van der Waals surface area contributed by atoms with Gasteiger partial charge >= 0.3 is 0 Å². The summed E-state index contributed by atoms with van der Waals surface area (Å²) in [5.74, 6) is -1.19. The Bertz CT molecular complexity index is 981. The summed E-state index contributed by atoms with van der Waals surface area (Å²) in [7, 11) is 0. The molecule has 24 heavy (non-hydrogen) atoms. The van der Waals surface area contributed by atoms with Gasteiger partial charge in [-0.15, -0.1) is 0 Å².